The Morgan fingerprint density at radius 3 is 2.05 bits per heavy atom. The highest BCUT2D eigenvalue weighted by atomic mass is 14.3. The lowest BCUT2D eigenvalue weighted by atomic mass is 9.81. The summed E-state index contributed by atoms with van der Waals surface area (Å²) in [5.41, 5.74) is 7.27. The van der Waals surface area contributed by atoms with Crippen molar-refractivity contribution in [3.05, 3.63) is 60.2 Å². The van der Waals surface area contributed by atoms with E-state index in [4.69, 9.17) is 0 Å². The molecule has 0 atom stereocenters. The third-order valence-electron chi connectivity index (χ3n) is 5.63. The topological polar surface area (TPSA) is 0 Å². The minimum atomic E-state index is 0.766. The summed E-state index contributed by atoms with van der Waals surface area (Å²) in [6.45, 7) is 0. The molecule has 0 amide bonds. The number of hydrogen-bond acceptors (Lipinski definition) is 0. The summed E-state index contributed by atoms with van der Waals surface area (Å²) < 4.78 is 0. The molecule has 3 aromatic rings. The first kappa shape index (κ1) is 12.5. The molecule has 0 aromatic heterocycles. The van der Waals surface area contributed by atoms with Gasteiger partial charge >= 0.3 is 0 Å². The highest BCUT2D eigenvalue weighted by Gasteiger charge is 2.24. The lowest BCUT2D eigenvalue weighted by molar-refractivity contribution is 0.445. The summed E-state index contributed by atoms with van der Waals surface area (Å²) in [6.07, 6.45) is 6.95. The van der Waals surface area contributed by atoms with Gasteiger partial charge in [0.15, 0.2) is 0 Å². The quantitative estimate of drug-likeness (QED) is 0.372. The minimum absolute atomic E-state index is 0.766. The van der Waals surface area contributed by atoms with Crippen LogP contribution in [0.1, 0.15) is 43.6 Å². The molecule has 0 heterocycles. The molecule has 0 spiro atoms. The average molecular weight is 284 g/mol. The Labute approximate surface area is 131 Å². The van der Waals surface area contributed by atoms with E-state index < -0.39 is 0 Å². The molecule has 0 bridgehead atoms. The van der Waals surface area contributed by atoms with Gasteiger partial charge in [0, 0.05) is 0 Å². The van der Waals surface area contributed by atoms with E-state index in [0.717, 1.165) is 5.92 Å². The van der Waals surface area contributed by atoms with Crippen LogP contribution < -0.4 is 0 Å². The van der Waals surface area contributed by atoms with Crippen LogP contribution in [0.2, 0.25) is 0 Å². The Morgan fingerprint density at radius 1 is 0.591 bits per heavy atom. The summed E-state index contributed by atoms with van der Waals surface area (Å²) in [7, 11) is 0. The normalized spacial score (nSPS) is 16.9. The van der Waals surface area contributed by atoms with Crippen LogP contribution in [0.15, 0.2) is 54.6 Å². The van der Waals surface area contributed by atoms with Crippen molar-refractivity contribution in [1.82, 2.24) is 0 Å². The predicted molar refractivity (Wildman–Crippen MR) is 94.2 cm³/mol. The van der Waals surface area contributed by atoms with Crippen molar-refractivity contribution in [2.75, 3.05) is 0 Å². The third kappa shape index (κ3) is 1.64. The number of fused-ring (bicyclic) bond motifs is 3. The highest BCUT2D eigenvalue weighted by molar-refractivity contribution is 6.16. The van der Waals surface area contributed by atoms with Gasteiger partial charge in [-0.05, 0) is 57.3 Å². The molecular weight excluding hydrogens is 264 g/mol. The molecule has 5 rings (SSSR count). The van der Waals surface area contributed by atoms with Crippen molar-refractivity contribution in [2.45, 2.75) is 38.0 Å². The van der Waals surface area contributed by atoms with E-state index in [2.05, 4.69) is 54.6 Å². The predicted octanol–water partition coefficient (Wildman–Crippen LogP) is 6.53. The highest BCUT2D eigenvalue weighted by Crippen LogP contribution is 2.49. The van der Waals surface area contributed by atoms with Crippen LogP contribution >= 0.6 is 0 Å². The summed E-state index contributed by atoms with van der Waals surface area (Å²) in [6, 6.07) is 20.5. The zero-order chi connectivity index (χ0) is 14.5. The maximum Gasteiger partial charge on any atom is -0.00235 e. The first-order valence-corrected chi connectivity index (χ1v) is 8.59. The first-order chi connectivity index (χ1) is 10.9. The molecule has 1 saturated carbocycles. The van der Waals surface area contributed by atoms with Gasteiger partial charge in [0.1, 0.15) is 0 Å². The van der Waals surface area contributed by atoms with Gasteiger partial charge in [-0.25, -0.2) is 0 Å². The fourth-order valence-electron chi connectivity index (χ4n) is 4.60. The number of rotatable bonds is 1. The van der Waals surface area contributed by atoms with Crippen LogP contribution in [0.5, 0.6) is 0 Å². The molecule has 1 fully saturated rings. The maximum atomic E-state index is 2.42. The van der Waals surface area contributed by atoms with Crippen LogP contribution in [0.3, 0.4) is 0 Å². The summed E-state index contributed by atoms with van der Waals surface area (Å²) in [4.78, 5) is 0. The van der Waals surface area contributed by atoms with Crippen LogP contribution in [0, 0.1) is 0 Å². The van der Waals surface area contributed by atoms with E-state index in [0.29, 0.717) is 0 Å². The van der Waals surface area contributed by atoms with E-state index >= 15 is 0 Å². The maximum absolute atomic E-state index is 2.42. The van der Waals surface area contributed by atoms with Crippen molar-refractivity contribution >= 4 is 10.8 Å². The van der Waals surface area contributed by atoms with Crippen molar-refractivity contribution in [2.24, 2.45) is 0 Å². The lowest BCUT2D eigenvalue weighted by Gasteiger charge is -2.23. The standard InChI is InChI=1S/C22H20/c1-2-7-15(8-3-1)16-13-14-21-18-10-5-4-9-17(18)20-12-6-11-19(16)22(20)21/h4-6,9-15H,1-3,7-8H2. The van der Waals surface area contributed by atoms with Crippen molar-refractivity contribution in [3.8, 4) is 22.3 Å². The molecular formula is C22H20. The Morgan fingerprint density at radius 2 is 1.27 bits per heavy atom. The largest absolute Gasteiger partial charge is 0.0616 e. The lowest BCUT2D eigenvalue weighted by Crippen LogP contribution is -2.05. The van der Waals surface area contributed by atoms with Gasteiger partial charge in [-0.1, -0.05) is 73.9 Å². The molecule has 2 aliphatic rings. The van der Waals surface area contributed by atoms with Gasteiger partial charge < -0.3 is 0 Å². The minimum Gasteiger partial charge on any atom is -0.0616 e. The first-order valence-electron chi connectivity index (χ1n) is 8.59. The third-order valence-corrected chi connectivity index (χ3v) is 5.63. The Bertz CT molecular complexity index is 837. The fourth-order valence-corrected chi connectivity index (χ4v) is 4.60. The van der Waals surface area contributed by atoms with Crippen molar-refractivity contribution in [1.29, 1.82) is 0 Å². The van der Waals surface area contributed by atoms with E-state index in [1.165, 1.54) is 65.1 Å². The summed E-state index contributed by atoms with van der Waals surface area (Å²) in [5.74, 6) is 0.766. The van der Waals surface area contributed by atoms with Crippen LogP contribution in [0.4, 0.5) is 0 Å². The zero-order valence-electron chi connectivity index (χ0n) is 12.8. The molecule has 3 aromatic carbocycles. The second-order valence-electron chi connectivity index (χ2n) is 6.81. The Balaban J connectivity index is 1.79. The molecule has 0 unspecified atom stereocenters. The molecule has 0 heteroatoms. The Hall–Kier alpha value is -2.08. The molecule has 0 radical (unpaired) electrons. The number of hydrogen-bond donors (Lipinski definition) is 0. The second kappa shape index (κ2) is 4.71. The monoisotopic (exact) mass is 284 g/mol. The van der Waals surface area contributed by atoms with Gasteiger partial charge in [0.05, 0.1) is 0 Å². The summed E-state index contributed by atoms with van der Waals surface area (Å²) in [5, 5.41) is 2.99. The van der Waals surface area contributed by atoms with E-state index in [1.807, 2.05) is 0 Å². The van der Waals surface area contributed by atoms with Gasteiger partial charge in [0.25, 0.3) is 0 Å². The van der Waals surface area contributed by atoms with E-state index in [1.54, 1.807) is 5.56 Å². The van der Waals surface area contributed by atoms with Gasteiger partial charge in [-0.2, -0.15) is 0 Å². The van der Waals surface area contributed by atoms with E-state index in [9.17, 15) is 0 Å². The molecule has 108 valence electrons. The van der Waals surface area contributed by atoms with Crippen molar-refractivity contribution < 1.29 is 0 Å². The van der Waals surface area contributed by atoms with Gasteiger partial charge in [-0.3, -0.25) is 0 Å². The molecule has 2 aliphatic carbocycles. The SMILES string of the molecule is c1ccc2c(c1)-c1cccc3c(C4CCCCC4)ccc-2c13. The fraction of sp³-hybridized carbons (Fsp3) is 0.273. The van der Waals surface area contributed by atoms with Crippen LogP contribution in [0.25, 0.3) is 33.0 Å². The van der Waals surface area contributed by atoms with Crippen LogP contribution in [-0.2, 0) is 0 Å². The molecule has 0 saturated heterocycles. The second-order valence-corrected chi connectivity index (χ2v) is 6.81. The van der Waals surface area contributed by atoms with Crippen molar-refractivity contribution in [3.63, 3.8) is 0 Å². The van der Waals surface area contributed by atoms with Gasteiger partial charge in [-0.15, -0.1) is 0 Å². The van der Waals surface area contributed by atoms with Gasteiger partial charge in [0.2, 0.25) is 0 Å². The van der Waals surface area contributed by atoms with E-state index in [-0.39, 0.29) is 0 Å². The average Bonchev–Trinajstić information content (AvgIpc) is 2.93. The molecule has 0 nitrogen and oxygen atoms in total. The zero-order valence-corrected chi connectivity index (χ0v) is 12.8. The Kier molecular flexibility index (Phi) is 2.67. The molecule has 0 N–H and O–H groups in total. The molecule has 22 heavy (non-hydrogen) atoms. The molecule has 0 aliphatic heterocycles. The smallest absolute Gasteiger partial charge is 0.00235 e. The summed E-state index contributed by atoms with van der Waals surface area (Å²) >= 11 is 0. The number of benzene rings is 3. The van der Waals surface area contributed by atoms with Crippen LogP contribution in [-0.4, -0.2) is 0 Å².